The van der Waals surface area contributed by atoms with E-state index in [1.54, 1.807) is 10.6 Å². The molecule has 8 heteroatoms. The molecule has 1 amide bonds. The summed E-state index contributed by atoms with van der Waals surface area (Å²) < 4.78 is 7.06. The van der Waals surface area contributed by atoms with E-state index in [2.05, 4.69) is 16.9 Å². The zero-order valence-electron chi connectivity index (χ0n) is 15.4. The first kappa shape index (κ1) is 18.8. The molecule has 7 nitrogen and oxygen atoms in total. The van der Waals surface area contributed by atoms with Crippen LogP contribution in [-0.2, 0) is 16.1 Å². The molecule has 2 aromatic heterocycles. The topological polar surface area (TPSA) is 89.0 Å². The number of benzene rings is 1. The van der Waals surface area contributed by atoms with Gasteiger partial charge in [0.05, 0.1) is 11.9 Å². The normalized spacial score (nSPS) is 16.6. The molecule has 3 aromatic rings. The van der Waals surface area contributed by atoms with Gasteiger partial charge in [0, 0.05) is 30.6 Å². The van der Waals surface area contributed by atoms with Gasteiger partial charge in [-0.25, -0.2) is 4.98 Å². The molecule has 1 aliphatic heterocycles. The molecule has 4 rings (SSSR count). The van der Waals surface area contributed by atoms with Crippen molar-refractivity contribution in [1.82, 2.24) is 19.9 Å². The average molecular weight is 398 g/mol. The van der Waals surface area contributed by atoms with Gasteiger partial charge in [0.1, 0.15) is 11.0 Å². The fourth-order valence-corrected chi connectivity index (χ4v) is 4.22. The lowest BCUT2D eigenvalue weighted by molar-refractivity contribution is -0.119. The molecule has 3 heterocycles. The van der Waals surface area contributed by atoms with Crippen molar-refractivity contribution < 1.29 is 9.53 Å². The maximum absolute atomic E-state index is 13.0. The summed E-state index contributed by atoms with van der Waals surface area (Å²) in [5, 5.41) is 4.30. The number of H-pyrrole nitrogens is 1. The summed E-state index contributed by atoms with van der Waals surface area (Å²) in [5.41, 5.74) is 1.80. The van der Waals surface area contributed by atoms with Gasteiger partial charge in [-0.15, -0.1) is 6.58 Å². The summed E-state index contributed by atoms with van der Waals surface area (Å²) in [6, 6.07) is 7.67. The van der Waals surface area contributed by atoms with E-state index in [9.17, 15) is 9.59 Å². The van der Waals surface area contributed by atoms with Gasteiger partial charge < -0.3 is 15.0 Å². The number of amides is 1. The predicted octanol–water partition coefficient (Wildman–Crippen LogP) is 2.45. The zero-order chi connectivity index (χ0) is 19.5. The number of aromatic nitrogens is 3. The number of allylic oxidation sites excluding steroid dienone is 1. The summed E-state index contributed by atoms with van der Waals surface area (Å²) >= 11 is 1.26. The van der Waals surface area contributed by atoms with Crippen LogP contribution in [0.15, 0.2) is 46.9 Å². The second-order valence-corrected chi connectivity index (χ2v) is 7.66. The van der Waals surface area contributed by atoms with E-state index in [1.165, 1.54) is 11.8 Å². The average Bonchev–Trinajstić information content (AvgIpc) is 3.35. The van der Waals surface area contributed by atoms with E-state index in [0.717, 1.165) is 30.4 Å². The standard InChI is InChI=1S/C20H22N4O3S/c1-2-9-24-19(26)18-17(14-7-3-4-8-15(14)22-18)23-20(24)28-12-16(25)21-11-13-6-5-10-27-13/h2-4,7-8,13,22H,1,5-6,9-12H2,(H,21,25)/t13-/m0/s1. The van der Waals surface area contributed by atoms with Crippen molar-refractivity contribution in [2.24, 2.45) is 0 Å². The molecule has 28 heavy (non-hydrogen) atoms. The lowest BCUT2D eigenvalue weighted by atomic mass is 10.2. The molecule has 0 bridgehead atoms. The third kappa shape index (κ3) is 3.70. The molecule has 2 N–H and O–H groups in total. The number of thioether (sulfide) groups is 1. The predicted molar refractivity (Wildman–Crippen MR) is 111 cm³/mol. The molecule has 0 aliphatic carbocycles. The van der Waals surface area contributed by atoms with Crippen molar-refractivity contribution in [3.63, 3.8) is 0 Å². The van der Waals surface area contributed by atoms with Gasteiger partial charge in [-0.3, -0.25) is 14.2 Å². The Labute approximate surface area is 166 Å². The Morgan fingerprint density at radius 3 is 3.11 bits per heavy atom. The Morgan fingerprint density at radius 1 is 1.46 bits per heavy atom. The van der Waals surface area contributed by atoms with Crippen LogP contribution in [0.1, 0.15) is 12.8 Å². The summed E-state index contributed by atoms with van der Waals surface area (Å²) in [5.74, 6) is 0.0865. The van der Waals surface area contributed by atoms with Gasteiger partial charge >= 0.3 is 0 Å². The number of fused-ring (bicyclic) bond motifs is 3. The van der Waals surface area contributed by atoms with Gasteiger partial charge in [0.15, 0.2) is 5.16 Å². The number of nitrogens with one attached hydrogen (secondary N) is 2. The van der Waals surface area contributed by atoms with E-state index in [0.29, 0.717) is 29.3 Å². The number of hydrogen-bond acceptors (Lipinski definition) is 5. The highest BCUT2D eigenvalue weighted by Gasteiger charge is 2.18. The monoisotopic (exact) mass is 398 g/mol. The SMILES string of the molecule is C=CCn1c(SCC(=O)NC[C@@H]2CCCO2)nc2c([nH]c3ccccc32)c1=O. The van der Waals surface area contributed by atoms with E-state index in [-0.39, 0.29) is 23.3 Å². The molecule has 1 aromatic carbocycles. The summed E-state index contributed by atoms with van der Waals surface area (Å²) in [4.78, 5) is 33.0. The van der Waals surface area contributed by atoms with Crippen LogP contribution in [0.4, 0.5) is 0 Å². The van der Waals surface area contributed by atoms with Crippen molar-refractivity contribution >= 4 is 39.6 Å². The first-order valence-corrected chi connectivity index (χ1v) is 10.3. The Kier molecular flexibility index (Phi) is 5.50. The maximum Gasteiger partial charge on any atom is 0.278 e. The molecule has 0 radical (unpaired) electrons. The number of carbonyl (C=O) groups excluding carboxylic acids is 1. The highest BCUT2D eigenvalue weighted by Crippen LogP contribution is 2.24. The number of aromatic amines is 1. The van der Waals surface area contributed by atoms with E-state index < -0.39 is 0 Å². The van der Waals surface area contributed by atoms with Crippen LogP contribution in [0.5, 0.6) is 0 Å². The molecule has 0 unspecified atom stereocenters. The van der Waals surface area contributed by atoms with Crippen molar-refractivity contribution in [2.75, 3.05) is 18.9 Å². The third-order valence-electron chi connectivity index (χ3n) is 4.77. The van der Waals surface area contributed by atoms with Crippen LogP contribution < -0.4 is 10.9 Å². The zero-order valence-corrected chi connectivity index (χ0v) is 16.3. The van der Waals surface area contributed by atoms with Gasteiger partial charge in [-0.2, -0.15) is 0 Å². The van der Waals surface area contributed by atoms with Gasteiger partial charge in [-0.1, -0.05) is 36.0 Å². The van der Waals surface area contributed by atoms with Gasteiger partial charge in [-0.05, 0) is 18.9 Å². The van der Waals surface area contributed by atoms with Gasteiger partial charge in [0.25, 0.3) is 5.56 Å². The first-order chi connectivity index (χ1) is 13.7. The lowest BCUT2D eigenvalue weighted by Gasteiger charge is -2.12. The number of rotatable bonds is 7. The minimum Gasteiger partial charge on any atom is -0.376 e. The minimum absolute atomic E-state index is 0.0982. The number of nitrogens with zero attached hydrogens (tertiary/aromatic N) is 2. The molecular weight excluding hydrogens is 376 g/mol. The Bertz CT molecular complexity index is 1080. The number of ether oxygens (including phenoxy) is 1. The maximum atomic E-state index is 13.0. The van der Waals surface area contributed by atoms with Crippen molar-refractivity contribution in [2.45, 2.75) is 30.6 Å². The molecule has 1 fully saturated rings. The molecule has 0 spiro atoms. The first-order valence-electron chi connectivity index (χ1n) is 9.30. The fourth-order valence-electron chi connectivity index (χ4n) is 3.39. The quantitative estimate of drug-likeness (QED) is 0.363. The Hall–Kier alpha value is -2.58. The van der Waals surface area contributed by atoms with E-state index >= 15 is 0 Å². The second-order valence-electron chi connectivity index (χ2n) is 6.72. The van der Waals surface area contributed by atoms with Gasteiger partial charge in [0.2, 0.25) is 5.91 Å². The summed E-state index contributed by atoms with van der Waals surface area (Å²) in [6.45, 7) is 5.34. The Balaban J connectivity index is 1.58. The summed E-state index contributed by atoms with van der Waals surface area (Å²) in [6.07, 6.45) is 3.77. The largest absolute Gasteiger partial charge is 0.376 e. The number of carbonyl (C=O) groups is 1. The second kappa shape index (κ2) is 8.20. The van der Waals surface area contributed by atoms with Crippen LogP contribution in [-0.4, -0.2) is 45.5 Å². The van der Waals surface area contributed by atoms with Crippen molar-refractivity contribution in [3.8, 4) is 0 Å². The van der Waals surface area contributed by atoms with Crippen LogP contribution >= 0.6 is 11.8 Å². The van der Waals surface area contributed by atoms with Crippen molar-refractivity contribution in [1.29, 1.82) is 0 Å². The number of para-hydroxylation sites is 1. The molecule has 1 aliphatic rings. The Morgan fingerprint density at radius 2 is 2.32 bits per heavy atom. The summed E-state index contributed by atoms with van der Waals surface area (Å²) in [7, 11) is 0. The van der Waals surface area contributed by atoms with Crippen LogP contribution in [0.3, 0.4) is 0 Å². The van der Waals surface area contributed by atoms with E-state index in [1.807, 2.05) is 24.3 Å². The molecule has 1 atom stereocenters. The third-order valence-corrected chi connectivity index (χ3v) is 5.75. The smallest absolute Gasteiger partial charge is 0.278 e. The van der Waals surface area contributed by atoms with Crippen LogP contribution in [0, 0.1) is 0 Å². The molecule has 0 saturated carbocycles. The highest BCUT2D eigenvalue weighted by molar-refractivity contribution is 7.99. The molecule has 1 saturated heterocycles. The lowest BCUT2D eigenvalue weighted by Crippen LogP contribution is -2.33. The van der Waals surface area contributed by atoms with E-state index in [4.69, 9.17) is 9.72 Å². The number of hydrogen-bond donors (Lipinski definition) is 2. The molecule has 146 valence electrons. The van der Waals surface area contributed by atoms with Crippen LogP contribution in [0.2, 0.25) is 0 Å². The van der Waals surface area contributed by atoms with Crippen LogP contribution in [0.25, 0.3) is 21.9 Å². The highest BCUT2D eigenvalue weighted by atomic mass is 32.2. The minimum atomic E-state index is -0.164. The fraction of sp³-hybridized carbons (Fsp3) is 0.350. The molecular formula is C20H22N4O3S. The van der Waals surface area contributed by atoms with Crippen molar-refractivity contribution in [3.05, 3.63) is 47.3 Å².